The lowest BCUT2D eigenvalue weighted by molar-refractivity contribution is 0.294. The maximum Gasteiger partial charge on any atom is 0.107 e. The zero-order valence-corrected chi connectivity index (χ0v) is 9.85. The van der Waals surface area contributed by atoms with E-state index in [1.165, 1.54) is 4.88 Å². The van der Waals surface area contributed by atoms with E-state index in [0.29, 0.717) is 0 Å². The first-order chi connectivity index (χ1) is 6.54. The molecule has 0 fully saturated rings. The van der Waals surface area contributed by atoms with Crippen LogP contribution >= 0.6 is 11.3 Å². The molecule has 0 N–H and O–H groups in total. The van der Waals surface area contributed by atoms with Gasteiger partial charge in [0.05, 0.1) is 24.3 Å². The highest BCUT2D eigenvalue weighted by molar-refractivity contribution is 7.11. The van der Waals surface area contributed by atoms with Crippen molar-refractivity contribution in [3.05, 3.63) is 15.6 Å². The molecule has 0 bridgehead atoms. The van der Waals surface area contributed by atoms with Crippen LogP contribution in [0.1, 0.15) is 22.5 Å². The third-order valence-corrected chi connectivity index (χ3v) is 3.36. The molecule has 0 saturated carbocycles. The van der Waals surface area contributed by atoms with Crippen LogP contribution in [0.3, 0.4) is 0 Å². The van der Waals surface area contributed by atoms with Crippen molar-refractivity contribution in [2.45, 2.75) is 33.4 Å². The first kappa shape index (κ1) is 11.2. The maximum atomic E-state index is 8.73. The average Bonchev–Trinajstić information content (AvgIpc) is 2.44. The van der Waals surface area contributed by atoms with Gasteiger partial charge in [0.15, 0.2) is 0 Å². The summed E-state index contributed by atoms with van der Waals surface area (Å²) in [5.74, 6) is 0. The second kappa shape index (κ2) is 4.54. The van der Waals surface area contributed by atoms with Gasteiger partial charge in [0.25, 0.3) is 0 Å². The molecular formula is C10H15N3S. The summed E-state index contributed by atoms with van der Waals surface area (Å²) >= 11 is 1.71. The minimum atomic E-state index is -0.0560. The van der Waals surface area contributed by atoms with Crippen LogP contribution in [0.25, 0.3) is 0 Å². The molecule has 1 atom stereocenters. The van der Waals surface area contributed by atoms with Crippen molar-refractivity contribution in [2.75, 3.05) is 7.05 Å². The first-order valence-electron chi connectivity index (χ1n) is 4.57. The Bertz CT molecular complexity index is 331. The maximum absolute atomic E-state index is 8.73. The molecule has 76 valence electrons. The predicted molar refractivity (Wildman–Crippen MR) is 58.1 cm³/mol. The normalized spacial score (nSPS) is 12.9. The zero-order valence-electron chi connectivity index (χ0n) is 9.03. The number of rotatable bonds is 3. The van der Waals surface area contributed by atoms with Crippen molar-refractivity contribution in [3.8, 4) is 6.07 Å². The van der Waals surface area contributed by atoms with E-state index in [1.54, 1.807) is 11.3 Å². The van der Waals surface area contributed by atoms with Crippen LogP contribution in [0.2, 0.25) is 0 Å². The molecule has 0 radical (unpaired) electrons. The fraction of sp³-hybridized carbons (Fsp3) is 0.600. The van der Waals surface area contributed by atoms with Gasteiger partial charge in [-0.05, 0) is 27.8 Å². The van der Waals surface area contributed by atoms with Crippen LogP contribution in [0.5, 0.6) is 0 Å². The summed E-state index contributed by atoms with van der Waals surface area (Å²) in [4.78, 5) is 7.69. The minimum Gasteiger partial charge on any atom is -0.285 e. The molecular weight excluding hydrogens is 194 g/mol. The van der Waals surface area contributed by atoms with Crippen LogP contribution in [0.15, 0.2) is 0 Å². The molecule has 14 heavy (non-hydrogen) atoms. The lowest BCUT2D eigenvalue weighted by atomic mass is 10.3. The highest BCUT2D eigenvalue weighted by Gasteiger charge is 2.11. The quantitative estimate of drug-likeness (QED) is 0.765. The van der Waals surface area contributed by atoms with Gasteiger partial charge in [-0.1, -0.05) is 0 Å². The summed E-state index contributed by atoms with van der Waals surface area (Å²) in [6.07, 6.45) is 0. The molecule has 1 unspecified atom stereocenters. The molecule has 0 aromatic carbocycles. The number of aryl methyl sites for hydroxylation is 2. The number of nitriles is 1. The van der Waals surface area contributed by atoms with Crippen molar-refractivity contribution in [1.29, 1.82) is 5.26 Å². The summed E-state index contributed by atoms with van der Waals surface area (Å²) in [6.45, 7) is 6.74. The molecule has 1 aromatic rings. The first-order valence-corrected chi connectivity index (χ1v) is 5.39. The van der Waals surface area contributed by atoms with Gasteiger partial charge in [-0.25, -0.2) is 4.98 Å². The Hall–Kier alpha value is -0.920. The van der Waals surface area contributed by atoms with Crippen molar-refractivity contribution in [2.24, 2.45) is 0 Å². The van der Waals surface area contributed by atoms with Gasteiger partial charge in [0.1, 0.15) is 5.01 Å². The second-order valence-electron chi connectivity index (χ2n) is 3.47. The molecule has 0 aliphatic carbocycles. The number of hydrogen-bond acceptors (Lipinski definition) is 4. The third kappa shape index (κ3) is 2.53. The highest BCUT2D eigenvalue weighted by Crippen LogP contribution is 2.18. The Labute approximate surface area is 89.0 Å². The molecule has 0 spiro atoms. The van der Waals surface area contributed by atoms with E-state index in [0.717, 1.165) is 17.2 Å². The van der Waals surface area contributed by atoms with Crippen LogP contribution in [-0.2, 0) is 6.54 Å². The van der Waals surface area contributed by atoms with Gasteiger partial charge in [-0.3, -0.25) is 4.90 Å². The summed E-state index contributed by atoms with van der Waals surface area (Å²) in [7, 11) is 1.94. The van der Waals surface area contributed by atoms with Gasteiger partial charge >= 0.3 is 0 Å². The molecule has 0 saturated heterocycles. The summed E-state index contributed by atoms with van der Waals surface area (Å²) in [5.41, 5.74) is 1.10. The Kier molecular flexibility index (Phi) is 3.62. The van der Waals surface area contributed by atoms with Crippen molar-refractivity contribution in [1.82, 2.24) is 9.88 Å². The van der Waals surface area contributed by atoms with E-state index in [2.05, 4.69) is 18.0 Å². The van der Waals surface area contributed by atoms with Gasteiger partial charge < -0.3 is 0 Å². The molecule has 4 heteroatoms. The van der Waals surface area contributed by atoms with E-state index < -0.39 is 0 Å². The van der Waals surface area contributed by atoms with Crippen LogP contribution in [0, 0.1) is 25.2 Å². The standard InChI is InChI=1S/C10H15N3S/c1-7(5-11)13(4)6-10-12-8(2)9(3)14-10/h7H,6H2,1-4H3. The van der Waals surface area contributed by atoms with Crippen LogP contribution < -0.4 is 0 Å². The van der Waals surface area contributed by atoms with Gasteiger partial charge in [-0.2, -0.15) is 5.26 Å². The molecule has 3 nitrogen and oxygen atoms in total. The van der Waals surface area contributed by atoms with Crippen LogP contribution in [-0.4, -0.2) is 23.0 Å². The van der Waals surface area contributed by atoms with E-state index in [4.69, 9.17) is 5.26 Å². The Balaban J connectivity index is 2.66. The lowest BCUT2D eigenvalue weighted by Gasteiger charge is -2.16. The average molecular weight is 209 g/mol. The summed E-state index contributed by atoms with van der Waals surface area (Å²) in [6, 6.07) is 2.15. The van der Waals surface area contributed by atoms with E-state index in [1.807, 2.05) is 25.8 Å². The number of nitrogens with zero attached hydrogens (tertiary/aromatic N) is 3. The minimum absolute atomic E-state index is 0.0560. The topological polar surface area (TPSA) is 39.9 Å². The lowest BCUT2D eigenvalue weighted by Crippen LogP contribution is -2.26. The Morgan fingerprint density at radius 2 is 2.21 bits per heavy atom. The molecule has 1 heterocycles. The van der Waals surface area contributed by atoms with E-state index in [9.17, 15) is 0 Å². The largest absolute Gasteiger partial charge is 0.285 e. The molecule has 0 aliphatic heterocycles. The SMILES string of the molecule is Cc1nc(CN(C)C(C)C#N)sc1C. The van der Waals surface area contributed by atoms with E-state index >= 15 is 0 Å². The van der Waals surface area contributed by atoms with Crippen LogP contribution in [0.4, 0.5) is 0 Å². The van der Waals surface area contributed by atoms with Crippen molar-refractivity contribution >= 4 is 11.3 Å². The molecule has 1 aromatic heterocycles. The van der Waals surface area contributed by atoms with E-state index in [-0.39, 0.29) is 6.04 Å². The summed E-state index contributed by atoms with van der Waals surface area (Å²) < 4.78 is 0. The number of aromatic nitrogens is 1. The zero-order chi connectivity index (χ0) is 10.7. The number of hydrogen-bond donors (Lipinski definition) is 0. The predicted octanol–water partition coefficient (Wildman–Crippen LogP) is 2.10. The molecule has 0 amide bonds. The van der Waals surface area contributed by atoms with Gasteiger partial charge in [-0.15, -0.1) is 11.3 Å². The third-order valence-electron chi connectivity index (χ3n) is 2.31. The van der Waals surface area contributed by atoms with Gasteiger partial charge in [0.2, 0.25) is 0 Å². The fourth-order valence-electron chi connectivity index (χ4n) is 1.06. The fourth-order valence-corrected chi connectivity index (χ4v) is 2.05. The summed E-state index contributed by atoms with van der Waals surface area (Å²) in [5, 5.41) is 9.82. The Morgan fingerprint density at radius 1 is 1.57 bits per heavy atom. The highest BCUT2D eigenvalue weighted by atomic mass is 32.1. The number of thiazole rings is 1. The molecule has 0 aliphatic rings. The second-order valence-corrected chi connectivity index (χ2v) is 4.76. The van der Waals surface area contributed by atoms with Crippen molar-refractivity contribution < 1.29 is 0 Å². The van der Waals surface area contributed by atoms with Gasteiger partial charge in [0, 0.05) is 4.88 Å². The molecule has 1 rings (SSSR count). The monoisotopic (exact) mass is 209 g/mol. The van der Waals surface area contributed by atoms with Crippen molar-refractivity contribution in [3.63, 3.8) is 0 Å². The Morgan fingerprint density at radius 3 is 2.64 bits per heavy atom. The smallest absolute Gasteiger partial charge is 0.107 e.